The maximum atomic E-state index is 11.1. The number of aryl methyl sites for hydroxylation is 1. The minimum atomic E-state index is -0.991. The first-order valence-electron chi connectivity index (χ1n) is 5.06. The van der Waals surface area contributed by atoms with Gasteiger partial charge in [-0.3, -0.25) is 0 Å². The van der Waals surface area contributed by atoms with E-state index in [4.69, 9.17) is 5.11 Å². The van der Waals surface area contributed by atoms with Crippen molar-refractivity contribution in [2.75, 3.05) is 6.26 Å². The molecule has 2 aromatic rings. The molecule has 0 fully saturated rings. The monoisotopic (exact) mass is 248 g/mol. The summed E-state index contributed by atoms with van der Waals surface area (Å²) in [6.45, 7) is 1.96. The Morgan fingerprint density at radius 2 is 2.24 bits per heavy atom. The average Bonchev–Trinajstić information content (AvgIpc) is 2.73. The summed E-state index contributed by atoms with van der Waals surface area (Å²) >= 11 is 1.39. The van der Waals surface area contributed by atoms with Crippen LogP contribution in [0.15, 0.2) is 29.4 Å². The molecule has 1 aromatic heterocycles. The number of aromatic carboxylic acids is 1. The number of nitrogens with one attached hydrogen (secondary N) is 1. The van der Waals surface area contributed by atoms with E-state index in [1.165, 1.54) is 11.8 Å². The van der Waals surface area contributed by atoms with E-state index in [1.54, 1.807) is 0 Å². The number of hydrogen-bond donors (Lipinski definition) is 2. The minimum absolute atomic E-state index is 0.139. The number of imidazole rings is 1. The Balaban J connectivity index is 2.57. The van der Waals surface area contributed by atoms with Gasteiger partial charge in [-0.05, 0) is 19.2 Å². The zero-order valence-electron chi connectivity index (χ0n) is 9.52. The van der Waals surface area contributed by atoms with Gasteiger partial charge in [-0.15, -0.1) is 0 Å². The lowest BCUT2D eigenvalue weighted by molar-refractivity contribution is 0.0691. The number of hydrogen-bond acceptors (Lipinski definition) is 3. The van der Waals surface area contributed by atoms with Gasteiger partial charge in [0.2, 0.25) is 0 Å². The highest BCUT2D eigenvalue weighted by molar-refractivity contribution is 7.98. The van der Waals surface area contributed by atoms with Crippen molar-refractivity contribution in [2.24, 2.45) is 0 Å². The molecule has 0 spiro atoms. The van der Waals surface area contributed by atoms with Crippen LogP contribution in [0.2, 0.25) is 0 Å². The van der Waals surface area contributed by atoms with Crippen LogP contribution in [-0.4, -0.2) is 27.3 Å². The molecule has 88 valence electrons. The number of nitrogens with zero attached hydrogens (tertiary/aromatic N) is 1. The van der Waals surface area contributed by atoms with Crippen LogP contribution >= 0.6 is 11.8 Å². The number of thioether (sulfide) groups is 1. The number of aromatic nitrogens is 2. The first-order chi connectivity index (χ1) is 8.11. The Labute approximate surface area is 103 Å². The van der Waals surface area contributed by atoms with E-state index in [1.807, 2.05) is 37.4 Å². The Morgan fingerprint density at radius 1 is 1.47 bits per heavy atom. The van der Waals surface area contributed by atoms with Crippen LogP contribution in [0.1, 0.15) is 16.1 Å². The molecule has 1 heterocycles. The van der Waals surface area contributed by atoms with Crippen molar-refractivity contribution in [3.63, 3.8) is 0 Å². The molecule has 5 heteroatoms. The Morgan fingerprint density at radius 3 is 2.82 bits per heavy atom. The van der Waals surface area contributed by atoms with Crippen molar-refractivity contribution in [1.29, 1.82) is 0 Å². The van der Waals surface area contributed by atoms with Gasteiger partial charge in [0.15, 0.2) is 10.9 Å². The van der Waals surface area contributed by atoms with Crippen LogP contribution in [0.5, 0.6) is 0 Å². The average molecular weight is 248 g/mol. The number of H-pyrrole nitrogens is 1. The van der Waals surface area contributed by atoms with Gasteiger partial charge in [-0.2, -0.15) is 0 Å². The van der Waals surface area contributed by atoms with Crippen molar-refractivity contribution in [2.45, 2.75) is 12.1 Å². The highest BCUT2D eigenvalue weighted by Gasteiger charge is 2.17. The lowest BCUT2D eigenvalue weighted by Gasteiger charge is -2.00. The Hall–Kier alpha value is -1.75. The van der Waals surface area contributed by atoms with Gasteiger partial charge in [-0.25, -0.2) is 9.78 Å². The number of carboxylic acid groups (broad SMARTS) is 1. The van der Waals surface area contributed by atoms with Gasteiger partial charge in [-0.1, -0.05) is 35.5 Å². The molecule has 0 aliphatic carbocycles. The van der Waals surface area contributed by atoms with Crippen molar-refractivity contribution in [3.05, 3.63) is 35.5 Å². The maximum Gasteiger partial charge on any atom is 0.354 e. The highest BCUT2D eigenvalue weighted by Crippen LogP contribution is 2.25. The second kappa shape index (κ2) is 4.63. The summed E-state index contributed by atoms with van der Waals surface area (Å²) in [4.78, 5) is 18.2. The van der Waals surface area contributed by atoms with E-state index in [-0.39, 0.29) is 5.69 Å². The fourth-order valence-electron chi connectivity index (χ4n) is 1.60. The molecular weight excluding hydrogens is 236 g/mol. The van der Waals surface area contributed by atoms with Crippen LogP contribution in [0.4, 0.5) is 0 Å². The lowest BCUT2D eigenvalue weighted by Crippen LogP contribution is -1.99. The standard InChI is InChI=1S/C12H12N2O2S/c1-7-4-3-5-8(6-7)9-10(11(15)16)14-12(13-9)17-2/h3-6H,1-2H3,(H,13,14)(H,15,16). The third-order valence-electron chi connectivity index (χ3n) is 2.38. The minimum Gasteiger partial charge on any atom is -0.477 e. The number of benzene rings is 1. The normalized spacial score (nSPS) is 10.5. The Bertz CT molecular complexity index is 563. The van der Waals surface area contributed by atoms with E-state index >= 15 is 0 Å². The number of rotatable bonds is 3. The van der Waals surface area contributed by atoms with E-state index < -0.39 is 5.97 Å². The molecule has 0 aliphatic rings. The van der Waals surface area contributed by atoms with Gasteiger partial charge >= 0.3 is 5.97 Å². The quantitative estimate of drug-likeness (QED) is 0.820. The molecule has 0 unspecified atom stereocenters. The smallest absolute Gasteiger partial charge is 0.354 e. The molecule has 2 rings (SSSR count). The Kier molecular flexibility index (Phi) is 3.19. The van der Waals surface area contributed by atoms with Crippen molar-refractivity contribution < 1.29 is 9.90 Å². The molecule has 0 amide bonds. The first-order valence-corrected chi connectivity index (χ1v) is 6.28. The molecular formula is C12H12N2O2S. The summed E-state index contributed by atoms with van der Waals surface area (Å²) in [7, 11) is 0. The zero-order valence-corrected chi connectivity index (χ0v) is 10.3. The fourth-order valence-corrected chi connectivity index (χ4v) is 1.99. The van der Waals surface area contributed by atoms with Crippen molar-refractivity contribution >= 4 is 17.7 Å². The predicted molar refractivity (Wildman–Crippen MR) is 67.5 cm³/mol. The topological polar surface area (TPSA) is 66.0 Å². The van der Waals surface area contributed by atoms with Crippen LogP contribution in [0.25, 0.3) is 11.3 Å². The second-order valence-electron chi connectivity index (χ2n) is 3.64. The summed E-state index contributed by atoms with van der Waals surface area (Å²) < 4.78 is 0. The maximum absolute atomic E-state index is 11.1. The van der Waals surface area contributed by atoms with Crippen LogP contribution in [0.3, 0.4) is 0 Å². The third kappa shape index (κ3) is 2.34. The van der Waals surface area contributed by atoms with E-state index in [9.17, 15) is 4.79 Å². The zero-order chi connectivity index (χ0) is 12.4. The van der Waals surface area contributed by atoms with Crippen LogP contribution in [-0.2, 0) is 0 Å². The molecule has 0 saturated carbocycles. The SMILES string of the molecule is CSc1nc(-c2cccc(C)c2)c(C(=O)O)[nH]1. The molecule has 1 aromatic carbocycles. The number of carbonyl (C=O) groups is 1. The predicted octanol–water partition coefficient (Wildman–Crippen LogP) is 2.81. The van der Waals surface area contributed by atoms with Gasteiger partial charge in [0, 0.05) is 5.56 Å². The number of aromatic amines is 1. The molecule has 0 saturated heterocycles. The second-order valence-corrected chi connectivity index (χ2v) is 4.44. The molecule has 0 bridgehead atoms. The first kappa shape index (κ1) is 11.7. The van der Waals surface area contributed by atoms with Gasteiger partial charge < -0.3 is 10.1 Å². The summed E-state index contributed by atoms with van der Waals surface area (Å²) in [6.07, 6.45) is 1.85. The largest absolute Gasteiger partial charge is 0.477 e. The lowest BCUT2D eigenvalue weighted by atomic mass is 10.1. The molecule has 0 radical (unpaired) electrons. The highest BCUT2D eigenvalue weighted by atomic mass is 32.2. The van der Waals surface area contributed by atoms with Crippen LogP contribution < -0.4 is 0 Å². The number of carboxylic acids is 1. The molecule has 0 atom stereocenters. The van der Waals surface area contributed by atoms with Gasteiger partial charge in [0.05, 0.1) is 0 Å². The molecule has 2 N–H and O–H groups in total. The van der Waals surface area contributed by atoms with Crippen molar-refractivity contribution in [3.8, 4) is 11.3 Å². The van der Waals surface area contributed by atoms with E-state index in [0.29, 0.717) is 10.9 Å². The van der Waals surface area contributed by atoms with Crippen molar-refractivity contribution in [1.82, 2.24) is 9.97 Å². The van der Waals surface area contributed by atoms with Gasteiger partial charge in [0.25, 0.3) is 0 Å². The molecule has 17 heavy (non-hydrogen) atoms. The molecule has 4 nitrogen and oxygen atoms in total. The summed E-state index contributed by atoms with van der Waals surface area (Å²) in [5, 5.41) is 9.73. The summed E-state index contributed by atoms with van der Waals surface area (Å²) in [5.41, 5.74) is 2.52. The fraction of sp³-hybridized carbons (Fsp3) is 0.167. The summed E-state index contributed by atoms with van der Waals surface area (Å²) in [5.74, 6) is -0.991. The van der Waals surface area contributed by atoms with Crippen LogP contribution in [0, 0.1) is 6.92 Å². The summed E-state index contributed by atoms with van der Waals surface area (Å²) in [6, 6.07) is 7.64. The third-order valence-corrected chi connectivity index (χ3v) is 2.96. The van der Waals surface area contributed by atoms with Gasteiger partial charge in [0.1, 0.15) is 5.69 Å². The van der Waals surface area contributed by atoms with E-state index in [0.717, 1.165) is 11.1 Å². The molecule has 0 aliphatic heterocycles. The van der Waals surface area contributed by atoms with E-state index in [2.05, 4.69) is 9.97 Å².